The molecule has 0 saturated carbocycles. The highest BCUT2D eigenvalue weighted by Crippen LogP contribution is 2.21. The maximum absolute atomic E-state index is 12.6. The number of hydrogen-bond acceptors (Lipinski definition) is 3. The fraction of sp³-hybridized carbons (Fsp3) is 0.500. The molecule has 2 heterocycles. The Bertz CT molecular complexity index is 553. The fourth-order valence-corrected chi connectivity index (χ4v) is 2.18. The summed E-state index contributed by atoms with van der Waals surface area (Å²) in [5.41, 5.74) is 1.69. The van der Waals surface area contributed by atoms with E-state index in [0.29, 0.717) is 12.4 Å². The van der Waals surface area contributed by atoms with Crippen molar-refractivity contribution >= 4 is 11.5 Å². The topological polar surface area (TPSA) is 32.6 Å². The first-order chi connectivity index (χ1) is 9.63. The van der Waals surface area contributed by atoms with Crippen LogP contribution >= 0.6 is 0 Å². The van der Waals surface area contributed by atoms with Crippen LogP contribution in [0, 0.1) is 0 Å². The standard InChI is InChI=1S/C14H20F2N4/c1-3-7-17-9-11-14(19(2)10-12(15)16)18-13-6-4-5-8-20(11)13/h4-6,8,12,17H,3,7,9-10H2,1-2H3. The summed E-state index contributed by atoms with van der Waals surface area (Å²) in [6.45, 7) is 3.27. The summed E-state index contributed by atoms with van der Waals surface area (Å²) in [6, 6.07) is 5.68. The molecule has 20 heavy (non-hydrogen) atoms. The molecule has 2 aromatic rings. The van der Waals surface area contributed by atoms with E-state index in [9.17, 15) is 8.78 Å². The number of anilines is 1. The first-order valence-electron chi connectivity index (χ1n) is 6.79. The average Bonchev–Trinajstić information content (AvgIpc) is 2.78. The van der Waals surface area contributed by atoms with E-state index >= 15 is 0 Å². The molecule has 1 N–H and O–H groups in total. The van der Waals surface area contributed by atoms with Crippen LogP contribution in [-0.4, -0.2) is 35.9 Å². The first kappa shape index (κ1) is 14.7. The number of fused-ring (bicyclic) bond motifs is 1. The highest BCUT2D eigenvalue weighted by molar-refractivity contribution is 5.55. The summed E-state index contributed by atoms with van der Waals surface area (Å²) in [6.07, 6.45) is 0.561. The Morgan fingerprint density at radius 2 is 2.20 bits per heavy atom. The Kier molecular flexibility index (Phi) is 4.89. The highest BCUT2D eigenvalue weighted by Gasteiger charge is 2.17. The second kappa shape index (κ2) is 6.65. The Morgan fingerprint density at radius 3 is 2.90 bits per heavy atom. The third kappa shape index (κ3) is 3.25. The van der Waals surface area contributed by atoms with Gasteiger partial charge in [0.1, 0.15) is 5.65 Å². The summed E-state index contributed by atoms with van der Waals surface area (Å²) >= 11 is 0. The molecule has 0 fully saturated rings. The molecule has 0 aliphatic heterocycles. The van der Waals surface area contributed by atoms with Gasteiger partial charge in [0.15, 0.2) is 5.82 Å². The smallest absolute Gasteiger partial charge is 0.255 e. The van der Waals surface area contributed by atoms with Gasteiger partial charge in [-0.3, -0.25) is 0 Å². The molecule has 0 saturated heterocycles. The van der Waals surface area contributed by atoms with Crippen molar-refractivity contribution < 1.29 is 8.78 Å². The van der Waals surface area contributed by atoms with E-state index in [-0.39, 0.29) is 6.54 Å². The van der Waals surface area contributed by atoms with Crippen molar-refractivity contribution in [3.05, 3.63) is 30.1 Å². The van der Waals surface area contributed by atoms with Crippen molar-refractivity contribution in [3.63, 3.8) is 0 Å². The average molecular weight is 282 g/mol. The zero-order valence-corrected chi connectivity index (χ0v) is 11.8. The van der Waals surface area contributed by atoms with Gasteiger partial charge in [-0.2, -0.15) is 0 Å². The van der Waals surface area contributed by atoms with Gasteiger partial charge in [0, 0.05) is 19.8 Å². The van der Waals surface area contributed by atoms with Crippen LogP contribution in [0.2, 0.25) is 0 Å². The molecule has 110 valence electrons. The minimum Gasteiger partial charge on any atom is -0.352 e. The Balaban J connectivity index is 2.33. The summed E-state index contributed by atoms with van der Waals surface area (Å²) in [5, 5.41) is 3.30. The number of imidazole rings is 1. The maximum Gasteiger partial charge on any atom is 0.255 e. The monoisotopic (exact) mass is 282 g/mol. The van der Waals surface area contributed by atoms with Crippen LogP contribution in [0.3, 0.4) is 0 Å². The number of nitrogens with one attached hydrogen (secondary N) is 1. The van der Waals surface area contributed by atoms with E-state index in [1.54, 1.807) is 7.05 Å². The second-order valence-electron chi connectivity index (χ2n) is 4.76. The second-order valence-corrected chi connectivity index (χ2v) is 4.76. The predicted molar refractivity (Wildman–Crippen MR) is 76.5 cm³/mol. The Morgan fingerprint density at radius 1 is 1.40 bits per heavy atom. The van der Waals surface area contributed by atoms with E-state index < -0.39 is 6.43 Å². The first-order valence-corrected chi connectivity index (χ1v) is 6.79. The lowest BCUT2D eigenvalue weighted by Gasteiger charge is -2.18. The molecule has 0 aliphatic carbocycles. The molecule has 0 radical (unpaired) electrons. The van der Waals surface area contributed by atoms with Gasteiger partial charge in [0.2, 0.25) is 0 Å². The van der Waals surface area contributed by atoms with E-state index in [0.717, 1.165) is 24.3 Å². The molecule has 0 atom stereocenters. The minimum absolute atomic E-state index is 0.315. The number of rotatable bonds is 7. The number of alkyl halides is 2. The summed E-state index contributed by atoms with van der Waals surface area (Å²) in [4.78, 5) is 5.97. The molecule has 0 aromatic carbocycles. The van der Waals surface area contributed by atoms with Gasteiger partial charge in [-0.1, -0.05) is 13.0 Å². The molecule has 0 spiro atoms. The van der Waals surface area contributed by atoms with E-state index in [2.05, 4.69) is 17.2 Å². The van der Waals surface area contributed by atoms with Crippen LogP contribution in [-0.2, 0) is 6.54 Å². The molecule has 2 rings (SSSR count). The van der Waals surface area contributed by atoms with E-state index in [1.807, 2.05) is 28.8 Å². The number of nitrogens with zero attached hydrogens (tertiary/aromatic N) is 3. The zero-order chi connectivity index (χ0) is 14.5. The van der Waals surface area contributed by atoms with Crippen LogP contribution in [0.15, 0.2) is 24.4 Å². The summed E-state index contributed by atoms with van der Waals surface area (Å²) < 4.78 is 27.1. The molecule has 2 aromatic heterocycles. The molecular formula is C14H20F2N4. The third-order valence-electron chi connectivity index (χ3n) is 3.10. The largest absolute Gasteiger partial charge is 0.352 e. The summed E-state index contributed by atoms with van der Waals surface area (Å²) in [7, 11) is 1.65. The predicted octanol–water partition coefficient (Wildman–Crippen LogP) is 2.54. The quantitative estimate of drug-likeness (QED) is 0.792. The highest BCUT2D eigenvalue weighted by atomic mass is 19.3. The third-order valence-corrected chi connectivity index (χ3v) is 3.10. The van der Waals surface area contributed by atoms with Crippen LogP contribution in [0.5, 0.6) is 0 Å². The Hall–Kier alpha value is -1.69. The molecule has 4 nitrogen and oxygen atoms in total. The van der Waals surface area contributed by atoms with Crippen molar-refractivity contribution in [2.24, 2.45) is 0 Å². The van der Waals surface area contributed by atoms with Gasteiger partial charge < -0.3 is 14.6 Å². The normalized spacial score (nSPS) is 11.4. The fourth-order valence-electron chi connectivity index (χ4n) is 2.18. The van der Waals surface area contributed by atoms with Gasteiger partial charge in [-0.25, -0.2) is 13.8 Å². The lowest BCUT2D eigenvalue weighted by atomic mass is 10.3. The molecule has 0 unspecified atom stereocenters. The van der Waals surface area contributed by atoms with Crippen LogP contribution < -0.4 is 10.2 Å². The number of halogens is 2. The number of pyridine rings is 1. The lowest BCUT2D eigenvalue weighted by Crippen LogP contribution is -2.26. The van der Waals surface area contributed by atoms with Crippen LogP contribution in [0.4, 0.5) is 14.6 Å². The minimum atomic E-state index is -2.37. The number of hydrogen-bond donors (Lipinski definition) is 1. The molecule has 0 bridgehead atoms. The number of aromatic nitrogens is 2. The molecule has 0 aliphatic rings. The van der Waals surface area contributed by atoms with Gasteiger partial charge >= 0.3 is 0 Å². The summed E-state index contributed by atoms with van der Waals surface area (Å²) in [5.74, 6) is 0.611. The lowest BCUT2D eigenvalue weighted by molar-refractivity contribution is 0.156. The molecule has 6 heteroatoms. The van der Waals surface area contributed by atoms with Gasteiger partial charge in [0.05, 0.1) is 12.2 Å². The van der Waals surface area contributed by atoms with Crippen LogP contribution in [0.1, 0.15) is 19.0 Å². The van der Waals surface area contributed by atoms with Crippen molar-refractivity contribution in [3.8, 4) is 0 Å². The van der Waals surface area contributed by atoms with Crippen molar-refractivity contribution in [2.75, 3.05) is 25.0 Å². The van der Waals surface area contributed by atoms with Crippen molar-refractivity contribution in [2.45, 2.75) is 26.3 Å². The van der Waals surface area contributed by atoms with Crippen molar-refractivity contribution in [1.82, 2.24) is 14.7 Å². The zero-order valence-electron chi connectivity index (χ0n) is 11.8. The van der Waals surface area contributed by atoms with Gasteiger partial charge in [-0.15, -0.1) is 0 Å². The Labute approximate surface area is 117 Å². The van der Waals surface area contributed by atoms with E-state index in [4.69, 9.17) is 0 Å². The van der Waals surface area contributed by atoms with Gasteiger partial charge in [-0.05, 0) is 25.1 Å². The van der Waals surface area contributed by atoms with Crippen LogP contribution in [0.25, 0.3) is 5.65 Å². The molecular weight excluding hydrogens is 262 g/mol. The SMILES string of the molecule is CCCNCc1c(N(C)CC(F)F)nc2ccccn12. The van der Waals surface area contributed by atoms with Gasteiger partial charge in [0.25, 0.3) is 6.43 Å². The maximum atomic E-state index is 12.6. The van der Waals surface area contributed by atoms with Crippen molar-refractivity contribution in [1.29, 1.82) is 0 Å². The molecule has 0 amide bonds. The van der Waals surface area contributed by atoms with E-state index in [1.165, 1.54) is 4.90 Å².